The van der Waals surface area contributed by atoms with Gasteiger partial charge in [0.05, 0.1) is 0 Å². The Morgan fingerprint density at radius 3 is 2.77 bits per heavy atom. The van der Waals surface area contributed by atoms with E-state index in [9.17, 15) is 9.59 Å². The third-order valence-corrected chi connectivity index (χ3v) is 2.00. The van der Waals surface area contributed by atoms with Crippen molar-refractivity contribution in [3.63, 3.8) is 0 Å². The minimum atomic E-state index is -0.455. The summed E-state index contributed by atoms with van der Waals surface area (Å²) in [6.07, 6.45) is 0. The number of H-pyrrole nitrogens is 2. The first-order valence-electron chi connectivity index (χ1n) is 3.75. The maximum Gasteiger partial charge on any atom is 0.329 e. The molecule has 2 heterocycles. The smallest absolute Gasteiger partial charge is 0.280 e. The summed E-state index contributed by atoms with van der Waals surface area (Å²) in [5, 5.41) is 6.95. The number of nitrogens with one attached hydrogen (secondary N) is 2. The average molecular weight is 180 g/mol. The van der Waals surface area contributed by atoms with Gasteiger partial charge in [0, 0.05) is 12.7 Å². The highest BCUT2D eigenvalue weighted by atomic mass is 16.2. The van der Waals surface area contributed by atoms with E-state index in [1.54, 1.807) is 14.0 Å². The Hall–Kier alpha value is -1.85. The fraction of sp³-hybridized carbons (Fsp3) is 0.286. The van der Waals surface area contributed by atoms with Crippen LogP contribution in [0.2, 0.25) is 0 Å². The number of aromatic amines is 2. The Morgan fingerprint density at radius 2 is 2.08 bits per heavy atom. The highest BCUT2D eigenvalue weighted by Gasteiger charge is 2.09. The minimum Gasteiger partial charge on any atom is -0.280 e. The number of fused-ring (bicyclic) bond motifs is 1. The zero-order valence-electron chi connectivity index (χ0n) is 7.21. The van der Waals surface area contributed by atoms with Gasteiger partial charge in [-0.2, -0.15) is 5.10 Å². The maximum atomic E-state index is 11.3. The highest BCUT2D eigenvalue weighted by Crippen LogP contribution is 2.05. The summed E-state index contributed by atoms with van der Waals surface area (Å²) in [7, 11) is 1.56. The zero-order valence-corrected chi connectivity index (χ0v) is 7.21. The number of hydrogen-bond donors (Lipinski definition) is 2. The molecule has 68 valence electrons. The van der Waals surface area contributed by atoms with Crippen molar-refractivity contribution in [1.29, 1.82) is 0 Å². The Labute approximate surface area is 72.2 Å². The van der Waals surface area contributed by atoms with Gasteiger partial charge < -0.3 is 0 Å². The van der Waals surface area contributed by atoms with Crippen LogP contribution >= 0.6 is 0 Å². The SMILES string of the molecule is Cc1[nH]nc2c1c(=O)[nH]c(=O)n2C. The van der Waals surface area contributed by atoms with Gasteiger partial charge >= 0.3 is 5.69 Å². The van der Waals surface area contributed by atoms with Crippen LogP contribution in [0.5, 0.6) is 0 Å². The maximum absolute atomic E-state index is 11.3. The van der Waals surface area contributed by atoms with Crippen LogP contribution in [-0.4, -0.2) is 19.7 Å². The molecule has 2 aromatic heterocycles. The van der Waals surface area contributed by atoms with Gasteiger partial charge in [0.1, 0.15) is 5.39 Å². The molecule has 2 N–H and O–H groups in total. The van der Waals surface area contributed by atoms with E-state index in [0.29, 0.717) is 16.7 Å². The van der Waals surface area contributed by atoms with E-state index >= 15 is 0 Å². The van der Waals surface area contributed by atoms with Gasteiger partial charge in [-0.25, -0.2) is 4.79 Å². The number of aryl methyl sites for hydroxylation is 2. The summed E-state index contributed by atoms with van der Waals surface area (Å²) >= 11 is 0. The summed E-state index contributed by atoms with van der Waals surface area (Å²) < 4.78 is 1.29. The van der Waals surface area contributed by atoms with Crippen molar-refractivity contribution >= 4 is 11.0 Å². The molecule has 6 nitrogen and oxygen atoms in total. The number of nitrogens with zero attached hydrogens (tertiary/aromatic N) is 2. The molecule has 2 aromatic rings. The van der Waals surface area contributed by atoms with E-state index in [0.717, 1.165) is 0 Å². The second-order valence-electron chi connectivity index (χ2n) is 2.87. The molecular formula is C7H8N4O2. The fourth-order valence-corrected chi connectivity index (χ4v) is 1.27. The van der Waals surface area contributed by atoms with Gasteiger partial charge in [-0.1, -0.05) is 0 Å². The van der Waals surface area contributed by atoms with Crippen molar-refractivity contribution in [2.45, 2.75) is 6.92 Å². The lowest BCUT2D eigenvalue weighted by atomic mass is 10.3. The monoisotopic (exact) mass is 180 g/mol. The van der Waals surface area contributed by atoms with Crippen LogP contribution in [0.3, 0.4) is 0 Å². The second-order valence-corrected chi connectivity index (χ2v) is 2.87. The molecule has 0 fully saturated rings. The van der Waals surface area contributed by atoms with Gasteiger partial charge in [-0.3, -0.25) is 19.4 Å². The largest absolute Gasteiger partial charge is 0.329 e. The number of rotatable bonds is 0. The molecule has 0 aliphatic carbocycles. The Morgan fingerprint density at radius 1 is 1.38 bits per heavy atom. The van der Waals surface area contributed by atoms with Crippen molar-refractivity contribution in [1.82, 2.24) is 19.7 Å². The molecular weight excluding hydrogens is 172 g/mol. The topological polar surface area (TPSA) is 83.5 Å². The van der Waals surface area contributed by atoms with E-state index in [4.69, 9.17) is 0 Å². The molecule has 0 radical (unpaired) electrons. The van der Waals surface area contributed by atoms with Crippen LogP contribution in [0, 0.1) is 6.92 Å². The van der Waals surface area contributed by atoms with Crippen molar-refractivity contribution in [2.75, 3.05) is 0 Å². The first-order valence-corrected chi connectivity index (χ1v) is 3.75. The summed E-state index contributed by atoms with van der Waals surface area (Å²) in [4.78, 5) is 24.6. The second kappa shape index (κ2) is 2.32. The third-order valence-electron chi connectivity index (χ3n) is 2.00. The Kier molecular flexibility index (Phi) is 1.39. The van der Waals surface area contributed by atoms with Gasteiger partial charge in [0.25, 0.3) is 5.56 Å². The van der Waals surface area contributed by atoms with Crippen LogP contribution in [0.25, 0.3) is 11.0 Å². The molecule has 0 atom stereocenters. The fourth-order valence-electron chi connectivity index (χ4n) is 1.27. The van der Waals surface area contributed by atoms with Gasteiger partial charge in [0.15, 0.2) is 5.65 Å². The molecule has 0 amide bonds. The van der Waals surface area contributed by atoms with Gasteiger partial charge in [-0.05, 0) is 6.92 Å². The van der Waals surface area contributed by atoms with Gasteiger partial charge in [0.2, 0.25) is 0 Å². The third kappa shape index (κ3) is 0.915. The first kappa shape index (κ1) is 7.78. The Bertz CT molecular complexity index is 574. The van der Waals surface area contributed by atoms with E-state index < -0.39 is 11.2 Å². The number of aromatic nitrogens is 4. The summed E-state index contributed by atoms with van der Waals surface area (Å²) in [6.45, 7) is 1.73. The molecule has 2 rings (SSSR count). The Balaban J connectivity index is 3.18. The average Bonchev–Trinajstić information content (AvgIpc) is 2.44. The molecule has 6 heteroatoms. The lowest BCUT2D eigenvalue weighted by Crippen LogP contribution is -2.28. The quantitative estimate of drug-likeness (QED) is 0.560. The molecule has 0 saturated carbocycles. The van der Waals surface area contributed by atoms with E-state index in [1.165, 1.54) is 4.57 Å². The molecule has 0 saturated heterocycles. The summed E-state index contributed by atoms with van der Waals surface area (Å²) in [6, 6.07) is 0. The van der Waals surface area contributed by atoms with Crippen LogP contribution in [0.1, 0.15) is 5.69 Å². The van der Waals surface area contributed by atoms with Crippen molar-refractivity contribution in [3.8, 4) is 0 Å². The zero-order chi connectivity index (χ0) is 9.59. The number of hydrogen-bond acceptors (Lipinski definition) is 3. The van der Waals surface area contributed by atoms with E-state index in [-0.39, 0.29) is 0 Å². The molecule has 0 spiro atoms. The molecule has 0 bridgehead atoms. The van der Waals surface area contributed by atoms with Crippen LogP contribution in [-0.2, 0) is 7.05 Å². The summed E-state index contributed by atoms with van der Waals surface area (Å²) in [5.74, 6) is 0. The lowest BCUT2D eigenvalue weighted by Gasteiger charge is -1.95. The molecule has 0 unspecified atom stereocenters. The van der Waals surface area contributed by atoms with Crippen molar-refractivity contribution in [3.05, 3.63) is 26.5 Å². The normalized spacial score (nSPS) is 10.9. The lowest BCUT2D eigenvalue weighted by molar-refractivity contribution is 0.826. The predicted molar refractivity (Wildman–Crippen MR) is 46.7 cm³/mol. The molecule has 0 aromatic carbocycles. The van der Waals surface area contributed by atoms with Crippen LogP contribution in [0.4, 0.5) is 0 Å². The molecule has 0 aliphatic heterocycles. The summed E-state index contributed by atoms with van der Waals surface area (Å²) in [5.41, 5.74) is 0.187. The first-order chi connectivity index (χ1) is 6.11. The van der Waals surface area contributed by atoms with E-state index in [2.05, 4.69) is 15.2 Å². The van der Waals surface area contributed by atoms with Gasteiger partial charge in [-0.15, -0.1) is 0 Å². The molecule has 0 aliphatic rings. The molecule has 13 heavy (non-hydrogen) atoms. The standard InChI is InChI=1S/C7H8N4O2/c1-3-4-5(10-9-3)11(2)7(13)8-6(4)12/h1-2H3,(H,9,10)(H,8,12,13). The van der Waals surface area contributed by atoms with Crippen LogP contribution < -0.4 is 11.2 Å². The van der Waals surface area contributed by atoms with Crippen molar-refractivity contribution in [2.24, 2.45) is 7.05 Å². The highest BCUT2D eigenvalue weighted by molar-refractivity contribution is 5.76. The van der Waals surface area contributed by atoms with Crippen molar-refractivity contribution < 1.29 is 0 Å². The minimum absolute atomic E-state index is 0.381. The predicted octanol–water partition coefficient (Wildman–Crippen LogP) is -0.742. The van der Waals surface area contributed by atoms with E-state index in [1.807, 2.05) is 0 Å². The van der Waals surface area contributed by atoms with Crippen LogP contribution in [0.15, 0.2) is 9.59 Å².